The molecular weight excluding hydrogens is 529 g/mol. The molecular formula is C24H19F3N4O4S2. The Labute approximate surface area is 212 Å². The minimum Gasteiger partial charge on any atom is -0.497 e. The molecule has 5 aromatic rings. The molecule has 192 valence electrons. The van der Waals surface area contributed by atoms with Gasteiger partial charge in [-0.2, -0.15) is 30.7 Å². The Bertz CT molecular complexity index is 1780. The number of hydrogen-bond acceptors (Lipinski definition) is 6. The number of thiophene rings is 1. The van der Waals surface area contributed by atoms with E-state index in [0.29, 0.717) is 15.9 Å². The summed E-state index contributed by atoms with van der Waals surface area (Å²) in [6.45, 7) is 0.121. The Morgan fingerprint density at radius 2 is 1.68 bits per heavy atom. The Kier molecular flexibility index (Phi) is 5.99. The SMILES string of the molecule is COc1ccc(Cn2c(=O)n(S(=O)(=O)c3ccc(-c4cc(C(F)(F)F)n(C)n4)s3)c3ccccc32)cc1. The highest BCUT2D eigenvalue weighted by molar-refractivity contribution is 7.92. The number of halogens is 3. The Balaban J connectivity index is 1.58. The third-order valence-corrected chi connectivity index (χ3v) is 9.06. The molecule has 3 aromatic heterocycles. The van der Waals surface area contributed by atoms with Gasteiger partial charge in [-0.15, -0.1) is 11.3 Å². The van der Waals surface area contributed by atoms with Crippen molar-refractivity contribution in [2.75, 3.05) is 7.11 Å². The van der Waals surface area contributed by atoms with Crippen molar-refractivity contribution in [1.29, 1.82) is 0 Å². The van der Waals surface area contributed by atoms with Crippen molar-refractivity contribution in [2.45, 2.75) is 16.9 Å². The first kappa shape index (κ1) is 24.8. The highest BCUT2D eigenvalue weighted by atomic mass is 32.2. The van der Waals surface area contributed by atoms with Crippen LogP contribution < -0.4 is 10.4 Å². The Morgan fingerprint density at radius 1 is 1.00 bits per heavy atom. The number of hydrogen-bond donors (Lipinski definition) is 0. The molecule has 0 bridgehead atoms. The van der Waals surface area contributed by atoms with Crippen molar-refractivity contribution < 1.29 is 26.3 Å². The van der Waals surface area contributed by atoms with Crippen molar-refractivity contribution in [1.82, 2.24) is 18.3 Å². The van der Waals surface area contributed by atoms with Crippen LogP contribution in [0.25, 0.3) is 21.6 Å². The lowest BCUT2D eigenvalue weighted by Gasteiger charge is -2.05. The fourth-order valence-electron chi connectivity index (χ4n) is 4.02. The maximum absolute atomic E-state index is 13.6. The standard InChI is InChI=1S/C24H19F3N4O4S2/c1-29-21(24(25,26)27)13-17(28-29)20-11-12-22(36-20)37(33,34)31-19-6-4-3-5-18(19)30(23(31)32)14-15-7-9-16(35-2)10-8-15/h3-13H,14H2,1-2H3. The van der Waals surface area contributed by atoms with E-state index in [1.54, 1.807) is 42.5 Å². The molecule has 13 heteroatoms. The summed E-state index contributed by atoms with van der Waals surface area (Å²) in [6.07, 6.45) is -4.61. The monoisotopic (exact) mass is 548 g/mol. The quantitative estimate of drug-likeness (QED) is 0.310. The summed E-state index contributed by atoms with van der Waals surface area (Å²) in [5.41, 5.74) is -0.369. The van der Waals surface area contributed by atoms with Crippen LogP contribution in [0, 0.1) is 0 Å². The molecule has 0 unspecified atom stereocenters. The molecule has 8 nitrogen and oxygen atoms in total. The number of alkyl halides is 3. The Morgan fingerprint density at radius 3 is 2.30 bits per heavy atom. The van der Waals surface area contributed by atoms with Crippen LogP contribution >= 0.6 is 11.3 Å². The minimum absolute atomic E-state index is 0.0180. The summed E-state index contributed by atoms with van der Waals surface area (Å²) >= 11 is 0.741. The number of aromatic nitrogens is 4. The second-order valence-corrected chi connectivity index (χ2v) is 11.2. The van der Waals surface area contributed by atoms with Crippen molar-refractivity contribution in [3.63, 3.8) is 0 Å². The smallest absolute Gasteiger partial charge is 0.433 e. The van der Waals surface area contributed by atoms with Crippen LogP contribution in [0.3, 0.4) is 0 Å². The summed E-state index contributed by atoms with van der Waals surface area (Å²) in [5.74, 6) is 0.643. The van der Waals surface area contributed by atoms with Gasteiger partial charge in [-0.1, -0.05) is 24.3 Å². The van der Waals surface area contributed by atoms with Crippen molar-refractivity contribution in [3.05, 3.63) is 88.5 Å². The fourth-order valence-corrected chi connectivity index (χ4v) is 6.76. The molecule has 0 atom stereocenters. The maximum atomic E-state index is 13.6. The van der Waals surface area contributed by atoms with Crippen LogP contribution in [0.15, 0.2) is 75.7 Å². The number of benzene rings is 2. The van der Waals surface area contributed by atoms with Gasteiger partial charge in [-0.05, 0) is 48.0 Å². The third-order valence-electron chi connectivity index (χ3n) is 5.79. The van der Waals surface area contributed by atoms with Crippen molar-refractivity contribution in [2.24, 2.45) is 7.05 Å². The molecule has 0 radical (unpaired) electrons. The number of fused-ring (bicyclic) bond motifs is 1. The van der Waals surface area contributed by atoms with Crippen molar-refractivity contribution >= 4 is 32.4 Å². The molecule has 0 amide bonds. The minimum atomic E-state index is -4.61. The van der Waals surface area contributed by atoms with Crippen LogP contribution in [0.1, 0.15) is 11.3 Å². The summed E-state index contributed by atoms with van der Waals surface area (Å²) in [4.78, 5) is 13.7. The third kappa shape index (κ3) is 4.33. The summed E-state index contributed by atoms with van der Waals surface area (Å²) in [6, 6.07) is 17.0. The molecule has 0 aliphatic carbocycles. The second-order valence-electron chi connectivity index (χ2n) is 8.13. The topological polar surface area (TPSA) is 88.1 Å². The van der Waals surface area contributed by atoms with Crippen molar-refractivity contribution in [3.8, 4) is 16.3 Å². The van der Waals surface area contributed by atoms with E-state index >= 15 is 0 Å². The highest BCUT2D eigenvalue weighted by Crippen LogP contribution is 2.36. The van der Waals surface area contributed by atoms with Gasteiger partial charge in [0.05, 0.1) is 29.6 Å². The average molecular weight is 549 g/mol. The number of rotatable bonds is 6. The lowest BCUT2D eigenvalue weighted by Crippen LogP contribution is -2.29. The van der Waals surface area contributed by atoms with Gasteiger partial charge in [-0.3, -0.25) is 9.25 Å². The summed E-state index contributed by atoms with van der Waals surface area (Å²) in [7, 11) is -1.67. The molecule has 0 saturated carbocycles. The number of nitrogens with zero attached hydrogens (tertiary/aromatic N) is 4. The normalized spacial score (nSPS) is 12.4. The number of para-hydroxylation sites is 2. The predicted molar refractivity (Wildman–Crippen MR) is 132 cm³/mol. The first-order valence-corrected chi connectivity index (χ1v) is 13.1. The molecule has 0 aliphatic heterocycles. The first-order valence-electron chi connectivity index (χ1n) is 10.8. The molecule has 0 aliphatic rings. The zero-order chi connectivity index (χ0) is 26.5. The lowest BCUT2D eigenvalue weighted by molar-refractivity contribution is -0.143. The van der Waals surface area contributed by atoms with Gasteiger partial charge in [0.15, 0.2) is 0 Å². The molecule has 0 saturated heterocycles. The second kappa shape index (κ2) is 8.92. The van der Waals surface area contributed by atoms with E-state index in [1.807, 2.05) is 0 Å². The Hall–Kier alpha value is -3.84. The molecule has 0 spiro atoms. The number of imidazole rings is 1. The average Bonchev–Trinajstić information content (AvgIpc) is 3.56. The number of methoxy groups -OCH3 is 1. The van der Waals surface area contributed by atoms with Gasteiger partial charge in [0.2, 0.25) is 0 Å². The summed E-state index contributed by atoms with van der Waals surface area (Å²) in [5, 5.41) is 3.88. The summed E-state index contributed by atoms with van der Waals surface area (Å²) < 4.78 is 74.5. The van der Waals surface area contributed by atoms with Gasteiger partial charge >= 0.3 is 11.9 Å². The van der Waals surface area contributed by atoms with Gasteiger partial charge in [-0.25, -0.2) is 4.79 Å². The van der Waals surface area contributed by atoms with E-state index in [0.717, 1.165) is 34.0 Å². The fraction of sp³-hybridized carbons (Fsp3) is 0.167. The number of aryl methyl sites for hydroxylation is 1. The van der Waals surface area contributed by atoms with Crippen LogP contribution in [0.2, 0.25) is 0 Å². The van der Waals surface area contributed by atoms with E-state index in [-0.39, 0.29) is 26.8 Å². The van der Waals surface area contributed by atoms with Gasteiger partial charge in [0, 0.05) is 7.05 Å². The predicted octanol–water partition coefficient (Wildman–Crippen LogP) is 4.58. The van der Waals surface area contributed by atoms with Crippen LogP contribution in [0.4, 0.5) is 13.2 Å². The molecule has 5 rings (SSSR count). The maximum Gasteiger partial charge on any atom is 0.433 e. The largest absolute Gasteiger partial charge is 0.497 e. The van der Waals surface area contributed by atoms with E-state index < -0.39 is 27.6 Å². The molecule has 0 N–H and O–H groups in total. The van der Waals surface area contributed by atoms with E-state index in [2.05, 4.69) is 5.10 Å². The molecule has 37 heavy (non-hydrogen) atoms. The van der Waals surface area contributed by atoms with Crippen LogP contribution in [0.5, 0.6) is 5.75 Å². The zero-order valence-corrected chi connectivity index (χ0v) is 21.1. The first-order chi connectivity index (χ1) is 17.5. The van der Waals surface area contributed by atoms with Gasteiger partial charge < -0.3 is 4.74 Å². The van der Waals surface area contributed by atoms with Gasteiger partial charge in [0.25, 0.3) is 10.0 Å². The van der Waals surface area contributed by atoms with Crippen LogP contribution in [-0.4, -0.2) is 33.8 Å². The molecule has 3 heterocycles. The van der Waals surface area contributed by atoms with Crippen LogP contribution in [-0.2, 0) is 29.8 Å². The van der Waals surface area contributed by atoms with E-state index in [4.69, 9.17) is 4.74 Å². The van der Waals surface area contributed by atoms with Gasteiger partial charge in [0.1, 0.15) is 21.3 Å². The molecule has 0 fully saturated rings. The lowest BCUT2D eigenvalue weighted by atomic mass is 10.2. The zero-order valence-electron chi connectivity index (χ0n) is 19.4. The molecule has 2 aromatic carbocycles. The van der Waals surface area contributed by atoms with E-state index in [1.165, 1.54) is 29.9 Å². The number of ether oxygens (including phenoxy) is 1. The van der Waals surface area contributed by atoms with E-state index in [9.17, 15) is 26.4 Å². The highest BCUT2D eigenvalue weighted by Gasteiger charge is 2.35.